The molecule has 0 heterocycles. The van der Waals surface area contributed by atoms with Gasteiger partial charge >= 0.3 is 0 Å². The highest BCUT2D eigenvalue weighted by Gasteiger charge is 2.08. The Morgan fingerprint density at radius 1 is 1.00 bits per heavy atom. The minimum atomic E-state index is -0.425. The Hall–Kier alpha value is -1.44. The molecule has 0 atom stereocenters. The van der Waals surface area contributed by atoms with Gasteiger partial charge in [-0.2, -0.15) is 0 Å². The molecule has 2 heteroatoms. The standard InChI is InChI=1S/C9H8O2.C2H6/c1-7(10)9(11)8-5-3-2-4-6-8;1-2/h2-6H,1H3;1-2H3. The summed E-state index contributed by atoms with van der Waals surface area (Å²) in [7, 11) is 0. The molecule has 1 rings (SSSR count). The fraction of sp³-hybridized carbons (Fsp3) is 0.273. The van der Waals surface area contributed by atoms with Crippen LogP contribution in [0, 0.1) is 0 Å². The Morgan fingerprint density at radius 2 is 1.46 bits per heavy atom. The van der Waals surface area contributed by atoms with E-state index in [1.54, 1.807) is 30.3 Å². The Labute approximate surface area is 78.6 Å². The van der Waals surface area contributed by atoms with Crippen LogP contribution in [0.25, 0.3) is 0 Å². The number of rotatable bonds is 2. The normalized spacial score (nSPS) is 8.23. The van der Waals surface area contributed by atoms with Crippen LogP contribution in [0.1, 0.15) is 31.1 Å². The fourth-order valence-corrected chi connectivity index (χ4v) is 0.793. The van der Waals surface area contributed by atoms with E-state index < -0.39 is 11.6 Å². The molecule has 1 aromatic rings. The second-order valence-corrected chi connectivity index (χ2v) is 2.25. The molecule has 0 aliphatic heterocycles. The summed E-state index contributed by atoms with van der Waals surface area (Å²) in [6.07, 6.45) is 0. The predicted molar refractivity (Wildman–Crippen MR) is 52.8 cm³/mol. The second-order valence-electron chi connectivity index (χ2n) is 2.25. The molecule has 0 aliphatic carbocycles. The number of carbonyl (C=O) groups is 2. The van der Waals surface area contributed by atoms with Gasteiger partial charge in [-0.15, -0.1) is 0 Å². The van der Waals surface area contributed by atoms with E-state index in [0.29, 0.717) is 5.56 Å². The van der Waals surface area contributed by atoms with Crippen molar-refractivity contribution in [3.8, 4) is 0 Å². The fourth-order valence-electron chi connectivity index (χ4n) is 0.793. The van der Waals surface area contributed by atoms with Crippen LogP contribution in [0.3, 0.4) is 0 Å². The molecule has 0 saturated heterocycles. The van der Waals surface area contributed by atoms with Gasteiger partial charge in [-0.1, -0.05) is 44.2 Å². The maximum Gasteiger partial charge on any atom is 0.228 e. The maximum absolute atomic E-state index is 11.0. The van der Waals surface area contributed by atoms with E-state index in [4.69, 9.17) is 0 Å². The lowest BCUT2D eigenvalue weighted by Gasteiger charge is -1.93. The van der Waals surface area contributed by atoms with Crippen LogP contribution in [0.2, 0.25) is 0 Å². The van der Waals surface area contributed by atoms with E-state index in [9.17, 15) is 9.59 Å². The van der Waals surface area contributed by atoms with Crippen LogP contribution in [-0.2, 0) is 4.79 Å². The van der Waals surface area contributed by atoms with Crippen molar-refractivity contribution in [3.05, 3.63) is 35.9 Å². The molecule has 0 spiro atoms. The SMILES string of the molecule is CC.CC(=O)C(=O)c1ccccc1. The number of Topliss-reactive ketones (excluding diaryl/α,β-unsaturated/α-hetero) is 2. The van der Waals surface area contributed by atoms with Crippen LogP contribution in [-0.4, -0.2) is 11.6 Å². The third-order valence-corrected chi connectivity index (χ3v) is 1.36. The van der Waals surface area contributed by atoms with Crippen LogP contribution in [0.4, 0.5) is 0 Å². The number of carbonyl (C=O) groups excluding carboxylic acids is 2. The quantitative estimate of drug-likeness (QED) is 0.515. The Kier molecular flexibility index (Phi) is 5.44. The number of benzene rings is 1. The second kappa shape index (κ2) is 6.12. The van der Waals surface area contributed by atoms with E-state index in [-0.39, 0.29) is 0 Å². The lowest BCUT2D eigenvalue weighted by molar-refractivity contribution is -0.113. The summed E-state index contributed by atoms with van der Waals surface area (Å²) in [5, 5.41) is 0. The molecular formula is C11H14O2. The highest BCUT2D eigenvalue weighted by atomic mass is 16.2. The van der Waals surface area contributed by atoms with Gasteiger partial charge in [-0.05, 0) is 0 Å². The van der Waals surface area contributed by atoms with E-state index in [1.165, 1.54) is 6.92 Å². The van der Waals surface area contributed by atoms with Gasteiger partial charge in [-0.3, -0.25) is 9.59 Å². The molecule has 0 saturated carbocycles. The lowest BCUT2D eigenvalue weighted by atomic mass is 10.1. The third-order valence-electron chi connectivity index (χ3n) is 1.36. The zero-order valence-electron chi connectivity index (χ0n) is 8.20. The first-order valence-corrected chi connectivity index (χ1v) is 4.32. The van der Waals surface area contributed by atoms with Crippen LogP contribution >= 0.6 is 0 Å². The van der Waals surface area contributed by atoms with Crippen LogP contribution < -0.4 is 0 Å². The molecule has 13 heavy (non-hydrogen) atoms. The lowest BCUT2D eigenvalue weighted by Crippen LogP contribution is -2.08. The van der Waals surface area contributed by atoms with Gasteiger partial charge in [0.15, 0.2) is 5.78 Å². The summed E-state index contributed by atoms with van der Waals surface area (Å²) in [6.45, 7) is 5.27. The van der Waals surface area contributed by atoms with Gasteiger partial charge in [0.2, 0.25) is 5.78 Å². The third kappa shape index (κ3) is 3.65. The van der Waals surface area contributed by atoms with Gasteiger partial charge < -0.3 is 0 Å². The maximum atomic E-state index is 11.0. The Morgan fingerprint density at radius 3 is 1.85 bits per heavy atom. The first kappa shape index (κ1) is 11.6. The molecule has 0 aliphatic rings. The predicted octanol–water partition coefficient (Wildman–Crippen LogP) is 2.48. The van der Waals surface area contributed by atoms with Crippen molar-refractivity contribution in [2.24, 2.45) is 0 Å². The average molecular weight is 178 g/mol. The first-order valence-electron chi connectivity index (χ1n) is 4.32. The largest absolute Gasteiger partial charge is 0.291 e. The van der Waals surface area contributed by atoms with Crippen molar-refractivity contribution in [2.45, 2.75) is 20.8 Å². The van der Waals surface area contributed by atoms with Gasteiger partial charge in [0, 0.05) is 12.5 Å². The van der Waals surface area contributed by atoms with Crippen molar-refractivity contribution >= 4 is 11.6 Å². The summed E-state index contributed by atoms with van der Waals surface area (Å²) in [6, 6.07) is 8.52. The average Bonchev–Trinajstić information content (AvgIpc) is 2.21. The van der Waals surface area contributed by atoms with Crippen LogP contribution in [0.5, 0.6) is 0 Å². The molecule has 0 bridgehead atoms. The molecule has 2 nitrogen and oxygen atoms in total. The van der Waals surface area contributed by atoms with E-state index in [0.717, 1.165) is 0 Å². The molecule has 0 fully saturated rings. The van der Waals surface area contributed by atoms with Crippen LogP contribution in [0.15, 0.2) is 30.3 Å². The van der Waals surface area contributed by atoms with E-state index >= 15 is 0 Å². The Balaban J connectivity index is 0.000000671. The van der Waals surface area contributed by atoms with Crippen molar-refractivity contribution in [2.75, 3.05) is 0 Å². The zero-order chi connectivity index (χ0) is 10.3. The minimum absolute atomic E-state index is 0.420. The Bertz CT molecular complexity index is 275. The van der Waals surface area contributed by atoms with Gasteiger partial charge in [0.05, 0.1) is 0 Å². The number of ketones is 2. The summed E-state index contributed by atoms with van der Waals surface area (Å²) in [5.41, 5.74) is 0.458. The number of hydrogen-bond donors (Lipinski definition) is 0. The summed E-state index contributed by atoms with van der Waals surface area (Å²) in [5.74, 6) is -0.846. The highest BCUT2D eigenvalue weighted by molar-refractivity contribution is 6.42. The van der Waals surface area contributed by atoms with E-state index in [1.807, 2.05) is 13.8 Å². The first-order chi connectivity index (χ1) is 6.22. The zero-order valence-corrected chi connectivity index (χ0v) is 8.20. The molecule has 0 N–H and O–H groups in total. The summed E-state index contributed by atoms with van der Waals surface area (Å²) < 4.78 is 0. The molecule has 70 valence electrons. The van der Waals surface area contributed by atoms with Gasteiger partial charge in [-0.25, -0.2) is 0 Å². The summed E-state index contributed by atoms with van der Waals surface area (Å²) >= 11 is 0. The molecule has 0 unspecified atom stereocenters. The highest BCUT2D eigenvalue weighted by Crippen LogP contribution is 1.99. The number of hydrogen-bond acceptors (Lipinski definition) is 2. The van der Waals surface area contributed by atoms with Gasteiger partial charge in [0.1, 0.15) is 0 Å². The summed E-state index contributed by atoms with van der Waals surface area (Å²) in [4.78, 5) is 21.6. The minimum Gasteiger partial charge on any atom is -0.291 e. The monoisotopic (exact) mass is 178 g/mol. The van der Waals surface area contributed by atoms with Crippen molar-refractivity contribution in [3.63, 3.8) is 0 Å². The molecule has 0 radical (unpaired) electrons. The van der Waals surface area contributed by atoms with E-state index in [2.05, 4.69) is 0 Å². The molecular weight excluding hydrogens is 164 g/mol. The topological polar surface area (TPSA) is 34.1 Å². The van der Waals surface area contributed by atoms with Crippen molar-refractivity contribution in [1.82, 2.24) is 0 Å². The molecule has 0 aromatic heterocycles. The van der Waals surface area contributed by atoms with Crippen molar-refractivity contribution < 1.29 is 9.59 Å². The molecule has 1 aromatic carbocycles. The molecule has 0 amide bonds. The smallest absolute Gasteiger partial charge is 0.228 e. The van der Waals surface area contributed by atoms with Gasteiger partial charge in [0.25, 0.3) is 0 Å². The van der Waals surface area contributed by atoms with Crippen molar-refractivity contribution in [1.29, 1.82) is 0 Å².